The molecule has 2 fully saturated rings. The lowest BCUT2D eigenvalue weighted by Gasteiger charge is -2.42. The van der Waals surface area contributed by atoms with Crippen molar-refractivity contribution in [1.82, 2.24) is 9.80 Å². The first-order valence-electron chi connectivity index (χ1n) is 8.36. The smallest absolute Gasteiger partial charge is 0.410 e. The average Bonchev–Trinajstić information content (AvgIpc) is 3.27. The molecular formula is C18H22FIN2O3. The maximum absolute atomic E-state index is 14.1. The third kappa shape index (κ3) is 3.91. The lowest BCUT2D eigenvalue weighted by molar-refractivity contribution is 0.000516. The lowest BCUT2D eigenvalue weighted by Crippen LogP contribution is -2.58. The molecule has 0 N–H and O–H groups in total. The number of hydrogen-bond acceptors (Lipinski definition) is 3. The first-order chi connectivity index (χ1) is 11.6. The van der Waals surface area contributed by atoms with Crippen molar-refractivity contribution >= 4 is 34.6 Å². The van der Waals surface area contributed by atoms with E-state index in [-0.39, 0.29) is 23.1 Å². The summed E-state index contributed by atoms with van der Waals surface area (Å²) in [5.41, 5.74) is -0.825. The van der Waals surface area contributed by atoms with Crippen LogP contribution in [0.4, 0.5) is 9.18 Å². The number of nitrogens with zero attached hydrogens (tertiary/aromatic N) is 2. The van der Waals surface area contributed by atoms with Crippen molar-refractivity contribution in [3.05, 3.63) is 33.1 Å². The Labute approximate surface area is 160 Å². The van der Waals surface area contributed by atoms with E-state index in [1.807, 2.05) is 20.8 Å². The number of ether oxygens (including phenoxy) is 1. The molecule has 1 saturated carbocycles. The van der Waals surface area contributed by atoms with Gasteiger partial charge in [0.15, 0.2) is 0 Å². The Bertz CT molecular complexity index is 713. The molecule has 136 valence electrons. The predicted octanol–water partition coefficient (Wildman–Crippen LogP) is 3.66. The zero-order valence-electron chi connectivity index (χ0n) is 14.6. The Morgan fingerprint density at radius 3 is 2.52 bits per heavy atom. The molecule has 1 heterocycles. The molecule has 0 radical (unpaired) electrons. The van der Waals surface area contributed by atoms with Crippen molar-refractivity contribution in [3.63, 3.8) is 0 Å². The number of carbonyl (C=O) groups excluding carboxylic acids is 2. The second-order valence-electron chi connectivity index (χ2n) is 7.71. The Morgan fingerprint density at radius 2 is 1.92 bits per heavy atom. The molecule has 0 aromatic heterocycles. The van der Waals surface area contributed by atoms with Gasteiger partial charge in [-0.3, -0.25) is 4.79 Å². The first kappa shape index (κ1) is 18.4. The summed E-state index contributed by atoms with van der Waals surface area (Å²) in [4.78, 5) is 28.6. The van der Waals surface area contributed by atoms with E-state index in [1.165, 1.54) is 6.07 Å². The Balaban J connectivity index is 1.75. The van der Waals surface area contributed by atoms with Crippen LogP contribution in [0.2, 0.25) is 0 Å². The number of carbonyl (C=O) groups is 2. The molecule has 2 amide bonds. The van der Waals surface area contributed by atoms with Crippen molar-refractivity contribution in [2.45, 2.75) is 44.8 Å². The molecule has 1 aromatic carbocycles. The van der Waals surface area contributed by atoms with Crippen molar-refractivity contribution in [3.8, 4) is 0 Å². The average molecular weight is 460 g/mol. The molecule has 7 heteroatoms. The molecule has 1 aliphatic heterocycles. The zero-order chi connectivity index (χ0) is 18.4. The topological polar surface area (TPSA) is 49.9 Å². The fourth-order valence-corrected chi connectivity index (χ4v) is 3.65. The minimum Gasteiger partial charge on any atom is -0.444 e. The number of piperazine rings is 1. The number of halogens is 2. The summed E-state index contributed by atoms with van der Waals surface area (Å²) in [6.45, 7) is 6.72. The molecule has 0 bridgehead atoms. The van der Waals surface area contributed by atoms with Crippen LogP contribution in [0.25, 0.3) is 0 Å². The predicted molar refractivity (Wildman–Crippen MR) is 99.9 cm³/mol. The summed E-state index contributed by atoms with van der Waals surface area (Å²) >= 11 is 2.07. The van der Waals surface area contributed by atoms with Crippen molar-refractivity contribution in [2.24, 2.45) is 0 Å². The highest BCUT2D eigenvalue weighted by atomic mass is 127. The highest BCUT2D eigenvalue weighted by Crippen LogP contribution is 2.45. The van der Waals surface area contributed by atoms with Crippen LogP contribution in [0.5, 0.6) is 0 Å². The molecular weight excluding hydrogens is 438 g/mol. The van der Waals surface area contributed by atoms with E-state index >= 15 is 0 Å². The fourth-order valence-electron chi connectivity index (χ4n) is 3.16. The van der Waals surface area contributed by atoms with Gasteiger partial charge in [-0.05, 0) is 74.4 Å². The van der Waals surface area contributed by atoms with E-state index in [0.717, 1.165) is 16.4 Å². The molecule has 1 spiro atoms. The summed E-state index contributed by atoms with van der Waals surface area (Å²) < 4.78 is 20.4. The van der Waals surface area contributed by atoms with Gasteiger partial charge < -0.3 is 14.5 Å². The Hall–Kier alpha value is -1.38. The third-order valence-corrected chi connectivity index (χ3v) is 5.21. The Morgan fingerprint density at radius 1 is 1.24 bits per heavy atom. The van der Waals surface area contributed by atoms with Crippen LogP contribution in [-0.2, 0) is 4.74 Å². The van der Waals surface area contributed by atoms with Gasteiger partial charge in [-0.15, -0.1) is 0 Å². The van der Waals surface area contributed by atoms with E-state index in [9.17, 15) is 14.0 Å². The molecule has 5 nitrogen and oxygen atoms in total. The van der Waals surface area contributed by atoms with Gasteiger partial charge >= 0.3 is 6.09 Å². The van der Waals surface area contributed by atoms with E-state index in [2.05, 4.69) is 22.6 Å². The SMILES string of the molecule is CC(C)(C)OC(=O)N1CCN(C(=O)c2cc(I)ccc2F)C2(CC2)C1. The van der Waals surface area contributed by atoms with Crippen LogP contribution in [0.3, 0.4) is 0 Å². The molecule has 0 atom stereocenters. The standard InChI is InChI=1S/C18H22FIN2O3/c1-17(2,3)25-16(24)21-8-9-22(18(11-21)6-7-18)15(23)13-10-12(20)4-5-14(13)19/h4-5,10H,6-9,11H2,1-3H3. The Kier molecular flexibility index (Phi) is 4.72. The summed E-state index contributed by atoms with van der Waals surface area (Å²) in [6.07, 6.45) is 1.29. The van der Waals surface area contributed by atoms with Gasteiger partial charge in [0, 0.05) is 23.2 Å². The molecule has 1 aliphatic carbocycles. The maximum atomic E-state index is 14.1. The second kappa shape index (κ2) is 6.41. The molecule has 3 rings (SSSR count). The van der Waals surface area contributed by atoms with Crippen LogP contribution in [0, 0.1) is 9.39 Å². The van der Waals surface area contributed by atoms with Crippen molar-refractivity contribution in [2.75, 3.05) is 19.6 Å². The fraction of sp³-hybridized carbons (Fsp3) is 0.556. The van der Waals surface area contributed by atoms with Crippen LogP contribution in [0.1, 0.15) is 44.0 Å². The minimum atomic E-state index is -0.551. The quantitative estimate of drug-likeness (QED) is 0.602. The monoisotopic (exact) mass is 460 g/mol. The summed E-state index contributed by atoms with van der Waals surface area (Å²) in [7, 11) is 0. The van der Waals surface area contributed by atoms with E-state index in [4.69, 9.17) is 4.74 Å². The number of hydrogen-bond donors (Lipinski definition) is 0. The number of amides is 2. The zero-order valence-corrected chi connectivity index (χ0v) is 16.8. The largest absolute Gasteiger partial charge is 0.444 e. The van der Waals surface area contributed by atoms with Gasteiger partial charge in [-0.1, -0.05) is 0 Å². The molecule has 1 saturated heterocycles. The normalized spacial score (nSPS) is 19.1. The van der Waals surface area contributed by atoms with Gasteiger partial charge in [0.25, 0.3) is 5.91 Å². The minimum absolute atomic E-state index is 0.101. The number of benzene rings is 1. The van der Waals surface area contributed by atoms with E-state index < -0.39 is 11.4 Å². The highest BCUT2D eigenvalue weighted by molar-refractivity contribution is 14.1. The molecule has 25 heavy (non-hydrogen) atoms. The van der Waals surface area contributed by atoms with E-state index in [1.54, 1.807) is 21.9 Å². The summed E-state index contributed by atoms with van der Waals surface area (Å²) in [6, 6.07) is 4.54. The molecule has 0 unspecified atom stereocenters. The molecule has 2 aliphatic rings. The van der Waals surface area contributed by atoms with Gasteiger partial charge in [-0.25, -0.2) is 9.18 Å². The first-order valence-corrected chi connectivity index (χ1v) is 9.44. The second-order valence-corrected chi connectivity index (χ2v) is 8.95. The molecule has 1 aromatic rings. The highest BCUT2D eigenvalue weighted by Gasteiger charge is 2.54. The third-order valence-electron chi connectivity index (χ3n) is 4.53. The van der Waals surface area contributed by atoms with Crippen LogP contribution < -0.4 is 0 Å². The van der Waals surface area contributed by atoms with Gasteiger partial charge in [-0.2, -0.15) is 0 Å². The van der Waals surface area contributed by atoms with Crippen molar-refractivity contribution in [1.29, 1.82) is 0 Å². The number of rotatable bonds is 1. The van der Waals surface area contributed by atoms with Crippen molar-refractivity contribution < 1.29 is 18.7 Å². The van der Waals surface area contributed by atoms with E-state index in [0.29, 0.717) is 19.6 Å². The van der Waals surface area contributed by atoms with Crippen LogP contribution >= 0.6 is 22.6 Å². The summed E-state index contributed by atoms with van der Waals surface area (Å²) in [5, 5.41) is 0. The summed E-state index contributed by atoms with van der Waals surface area (Å²) in [5.74, 6) is -0.798. The maximum Gasteiger partial charge on any atom is 0.410 e. The lowest BCUT2D eigenvalue weighted by atomic mass is 10.1. The van der Waals surface area contributed by atoms with Gasteiger partial charge in [0.05, 0.1) is 11.1 Å². The van der Waals surface area contributed by atoms with Crippen LogP contribution in [-0.4, -0.2) is 52.6 Å². The van der Waals surface area contributed by atoms with Gasteiger partial charge in [0.1, 0.15) is 11.4 Å². The van der Waals surface area contributed by atoms with Crippen LogP contribution in [0.15, 0.2) is 18.2 Å². The van der Waals surface area contributed by atoms with Gasteiger partial charge in [0.2, 0.25) is 0 Å².